The molecule has 0 amide bonds. The van der Waals surface area contributed by atoms with Crippen LogP contribution in [-0.2, 0) is 0 Å². The van der Waals surface area contributed by atoms with Gasteiger partial charge in [0.2, 0.25) is 0 Å². The van der Waals surface area contributed by atoms with Crippen molar-refractivity contribution in [2.45, 2.75) is 38.8 Å². The van der Waals surface area contributed by atoms with Crippen molar-refractivity contribution in [1.82, 2.24) is 5.32 Å². The molecule has 0 aromatic carbocycles. The first kappa shape index (κ1) is 8.02. The molecule has 0 bridgehead atoms. The number of hydrogen-bond acceptors (Lipinski definition) is 2. The number of aliphatic hydroxyl groups is 1. The molecule has 1 saturated heterocycles. The maximum absolute atomic E-state index is 9.56. The van der Waals surface area contributed by atoms with Gasteiger partial charge < -0.3 is 10.4 Å². The van der Waals surface area contributed by atoms with Gasteiger partial charge in [-0.25, -0.2) is 0 Å². The van der Waals surface area contributed by atoms with Crippen LogP contribution in [0.25, 0.3) is 0 Å². The zero-order valence-electron chi connectivity index (χ0n) is 6.80. The first-order valence-corrected chi connectivity index (χ1v) is 4.13. The van der Waals surface area contributed by atoms with E-state index in [0.29, 0.717) is 12.0 Å². The third-order valence-electron chi connectivity index (χ3n) is 2.19. The second kappa shape index (κ2) is 3.35. The molecule has 0 saturated carbocycles. The second-order valence-corrected chi connectivity index (χ2v) is 3.44. The molecule has 1 rings (SSSR count). The molecule has 2 nitrogen and oxygen atoms in total. The Hall–Kier alpha value is -0.0800. The van der Waals surface area contributed by atoms with Crippen molar-refractivity contribution >= 4 is 0 Å². The van der Waals surface area contributed by atoms with Gasteiger partial charge in [-0.15, -0.1) is 0 Å². The van der Waals surface area contributed by atoms with Crippen molar-refractivity contribution in [2.24, 2.45) is 5.92 Å². The first-order chi connectivity index (χ1) is 4.72. The highest BCUT2D eigenvalue weighted by Gasteiger charge is 2.24. The summed E-state index contributed by atoms with van der Waals surface area (Å²) in [7, 11) is 0. The lowest BCUT2D eigenvalue weighted by atomic mass is 9.99. The molecule has 1 aliphatic rings. The second-order valence-electron chi connectivity index (χ2n) is 3.44. The Labute approximate surface area is 62.6 Å². The smallest absolute Gasteiger partial charge is 0.0716 e. The van der Waals surface area contributed by atoms with Gasteiger partial charge in [-0.3, -0.25) is 0 Å². The topological polar surface area (TPSA) is 32.3 Å². The third-order valence-corrected chi connectivity index (χ3v) is 2.19. The molecule has 60 valence electrons. The molecule has 2 heteroatoms. The maximum Gasteiger partial charge on any atom is 0.0716 e. The molecular formula is C8H17NO. The number of rotatable bonds is 2. The van der Waals surface area contributed by atoms with Crippen LogP contribution >= 0.6 is 0 Å². The van der Waals surface area contributed by atoms with E-state index in [4.69, 9.17) is 0 Å². The number of nitrogens with one attached hydrogen (secondary N) is 1. The van der Waals surface area contributed by atoms with Gasteiger partial charge in [0.1, 0.15) is 0 Å². The van der Waals surface area contributed by atoms with Crippen molar-refractivity contribution < 1.29 is 5.11 Å². The van der Waals surface area contributed by atoms with E-state index in [1.807, 2.05) is 0 Å². The Morgan fingerprint density at radius 3 is 2.60 bits per heavy atom. The molecule has 2 N–H and O–H groups in total. The van der Waals surface area contributed by atoms with E-state index >= 15 is 0 Å². The average Bonchev–Trinajstić information content (AvgIpc) is 2.36. The minimum absolute atomic E-state index is 0.150. The summed E-state index contributed by atoms with van der Waals surface area (Å²) in [5.41, 5.74) is 0. The summed E-state index contributed by atoms with van der Waals surface area (Å²) in [5.74, 6) is 0.385. The molecule has 1 aliphatic heterocycles. The van der Waals surface area contributed by atoms with Crippen molar-refractivity contribution in [3.05, 3.63) is 0 Å². The minimum Gasteiger partial charge on any atom is -0.391 e. The van der Waals surface area contributed by atoms with Gasteiger partial charge in [0.15, 0.2) is 0 Å². The fourth-order valence-electron chi connectivity index (χ4n) is 1.47. The van der Waals surface area contributed by atoms with E-state index in [2.05, 4.69) is 19.2 Å². The van der Waals surface area contributed by atoms with Gasteiger partial charge in [0, 0.05) is 6.04 Å². The predicted octanol–water partition coefficient (Wildman–Crippen LogP) is 0.755. The lowest BCUT2D eigenvalue weighted by Crippen LogP contribution is -2.37. The number of aliphatic hydroxyl groups excluding tert-OH is 1. The zero-order chi connectivity index (χ0) is 7.56. The fraction of sp³-hybridized carbons (Fsp3) is 1.00. The first-order valence-electron chi connectivity index (χ1n) is 4.13. The highest BCUT2D eigenvalue weighted by atomic mass is 16.3. The largest absolute Gasteiger partial charge is 0.391 e. The van der Waals surface area contributed by atoms with Crippen LogP contribution < -0.4 is 5.32 Å². The summed E-state index contributed by atoms with van der Waals surface area (Å²) < 4.78 is 0. The minimum atomic E-state index is -0.150. The Bertz CT molecular complexity index is 97.4. The maximum atomic E-state index is 9.56. The summed E-state index contributed by atoms with van der Waals surface area (Å²) in [4.78, 5) is 0. The average molecular weight is 143 g/mol. The molecule has 1 fully saturated rings. The van der Waals surface area contributed by atoms with Crippen molar-refractivity contribution in [1.29, 1.82) is 0 Å². The molecule has 0 aliphatic carbocycles. The van der Waals surface area contributed by atoms with Crippen LogP contribution in [-0.4, -0.2) is 23.8 Å². The van der Waals surface area contributed by atoms with Gasteiger partial charge >= 0.3 is 0 Å². The van der Waals surface area contributed by atoms with E-state index in [1.54, 1.807) is 0 Å². The zero-order valence-corrected chi connectivity index (χ0v) is 6.80. The van der Waals surface area contributed by atoms with Crippen LogP contribution in [0.15, 0.2) is 0 Å². The van der Waals surface area contributed by atoms with Gasteiger partial charge in [-0.2, -0.15) is 0 Å². The van der Waals surface area contributed by atoms with Crippen LogP contribution in [0.1, 0.15) is 26.7 Å². The SMILES string of the molecule is CC(C)[C@H](O)[C@@H]1CCCN1. The molecule has 0 aromatic heterocycles. The molecule has 0 aromatic rings. The molecule has 1 heterocycles. The van der Waals surface area contributed by atoms with E-state index < -0.39 is 0 Å². The fourth-order valence-corrected chi connectivity index (χ4v) is 1.47. The van der Waals surface area contributed by atoms with Gasteiger partial charge in [-0.05, 0) is 25.3 Å². The van der Waals surface area contributed by atoms with Crippen molar-refractivity contribution in [3.63, 3.8) is 0 Å². The van der Waals surface area contributed by atoms with Crippen LogP contribution in [0.2, 0.25) is 0 Å². The van der Waals surface area contributed by atoms with Gasteiger partial charge in [-0.1, -0.05) is 13.8 Å². The summed E-state index contributed by atoms with van der Waals surface area (Å²) >= 11 is 0. The number of hydrogen-bond donors (Lipinski definition) is 2. The predicted molar refractivity (Wildman–Crippen MR) is 41.9 cm³/mol. The van der Waals surface area contributed by atoms with Crippen LogP contribution in [0.4, 0.5) is 0 Å². The highest BCUT2D eigenvalue weighted by Crippen LogP contribution is 2.14. The molecule has 0 unspecified atom stereocenters. The Balaban J connectivity index is 2.32. The normalized spacial score (nSPS) is 29.4. The van der Waals surface area contributed by atoms with Gasteiger partial charge in [0.25, 0.3) is 0 Å². The van der Waals surface area contributed by atoms with Gasteiger partial charge in [0.05, 0.1) is 6.10 Å². The highest BCUT2D eigenvalue weighted by molar-refractivity contribution is 4.82. The van der Waals surface area contributed by atoms with Crippen molar-refractivity contribution in [2.75, 3.05) is 6.54 Å². The van der Waals surface area contributed by atoms with Crippen molar-refractivity contribution in [3.8, 4) is 0 Å². The monoisotopic (exact) mass is 143 g/mol. The summed E-state index contributed by atoms with van der Waals surface area (Å²) in [6.07, 6.45) is 2.20. The van der Waals surface area contributed by atoms with E-state index in [0.717, 1.165) is 13.0 Å². The summed E-state index contributed by atoms with van der Waals surface area (Å²) in [5, 5.41) is 12.9. The molecule has 10 heavy (non-hydrogen) atoms. The summed E-state index contributed by atoms with van der Waals surface area (Å²) in [6.45, 7) is 5.20. The van der Waals surface area contributed by atoms with Crippen LogP contribution in [0.3, 0.4) is 0 Å². The lowest BCUT2D eigenvalue weighted by molar-refractivity contribution is 0.0906. The van der Waals surface area contributed by atoms with Crippen LogP contribution in [0.5, 0.6) is 0 Å². The quantitative estimate of drug-likeness (QED) is 0.598. The summed E-state index contributed by atoms with van der Waals surface area (Å²) in [6, 6.07) is 0.361. The van der Waals surface area contributed by atoms with E-state index in [1.165, 1.54) is 6.42 Å². The Morgan fingerprint density at radius 1 is 1.50 bits per heavy atom. The van der Waals surface area contributed by atoms with E-state index in [-0.39, 0.29) is 6.10 Å². The molecule has 2 atom stereocenters. The third kappa shape index (κ3) is 1.70. The molecule has 0 radical (unpaired) electrons. The Kier molecular flexibility index (Phi) is 2.69. The molecular weight excluding hydrogens is 126 g/mol. The molecule has 0 spiro atoms. The standard InChI is InChI=1S/C8H17NO/c1-6(2)8(10)7-4-3-5-9-7/h6-10H,3-5H2,1-2H3/t7-,8-/m0/s1. The van der Waals surface area contributed by atoms with E-state index in [9.17, 15) is 5.11 Å². The van der Waals surface area contributed by atoms with Crippen LogP contribution in [0, 0.1) is 5.92 Å². The Morgan fingerprint density at radius 2 is 2.20 bits per heavy atom. The lowest BCUT2D eigenvalue weighted by Gasteiger charge is -2.21.